The molecular weight excluding hydrogens is 262 g/mol. The van der Waals surface area contributed by atoms with Crippen LogP contribution in [0.25, 0.3) is 0 Å². The van der Waals surface area contributed by atoms with Crippen molar-refractivity contribution in [2.24, 2.45) is 0 Å². The van der Waals surface area contributed by atoms with Crippen molar-refractivity contribution >= 4 is 27.3 Å². The number of aromatic carboxylic acids is 1. The standard InChI is InChI=1S/C10H13NO4S2/c1-11(7-3-2-4-7)17(14,15)9-6-5-8(16-9)10(12)13/h5-7H,2-4H2,1H3,(H,12,13). The molecule has 0 radical (unpaired) electrons. The maximum Gasteiger partial charge on any atom is 0.345 e. The summed E-state index contributed by atoms with van der Waals surface area (Å²) in [5.41, 5.74) is 0. The molecule has 17 heavy (non-hydrogen) atoms. The Balaban J connectivity index is 2.27. The fourth-order valence-electron chi connectivity index (χ4n) is 1.66. The molecule has 1 aromatic heterocycles. The largest absolute Gasteiger partial charge is 0.477 e. The van der Waals surface area contributed by atoms with Gasteiger partial charge in [0.05, 0.1) is 0 Å². The van der Waals surface area contributed by atoms with E-state index in [1.165, 1.54) is 16.4 Å². The lowest BCUT2D eigenvalue weighted by molar-refractivity contribution is 0.0702. The Morgan fingerprint density at radius 2 is 2.12 bits per heavy atom. The monoisotopic (exact) mass is 275 g/mol. The second-order valence-electron chi connectivity index (χ2n) is 4.03. The zero-order chi connectivity index (χ0) is 12.6. The molecule has 94 valence electrons. The summed E-state index contributed by atoms with van der Waals surface area (Å²) in [6, 6.07) is 2.75. The number of carboxylic acids is 1. The van der Waals surface area contributed by atoms with Crippen LogP contribution in [0.5, 0.6) is 0 Å². The number of sulfonamides is 1. The van der Waals surface area contributed by atoms with Crippen LogP contribution in [0.3, 0.4) is 0 Å². The molecule has 1 aliphatic carbocycles. The molecule has 2 rings (SSSR count). The predicted molar refractivity (Wildman–Crippen MR) is 63.9 cm³/mol. The zero-order valence-corrected chi connectivity index (χ0v) is 10.9. The van der Waals surface area contributed by atoms with Crippen LogP contribution in [-0.4, -0.2) is 36.9 Å². The van der Waals surface area contributed by atoms with Crippen molar-refractivity contribution in [3.63, 3.8) is 0 Å². The number of rotatable bonds is 4. The first-order chi connectivity index (χ1) is 7.93. The van der Waals surface area contributed by atoms with Crippen LogP contribution in [-0.2, 0) is 10.0 Å². The SMILES string of the molecule is CN(C1CCC1)S(=O)(=O)c1ccc(C(=O)O)s1. The molecule has 1 N–H and O–H groups in total. The molecule has 1 fully saturated rings. The van der Waals surface area contributed by atoms with E-state index >= 15 is 0 Å². The van der Waals surface area contributed by atoms with E-state index < -0.39 is 16.0 Å². The molecule has 5 nitrogen and oxygen atoms in total. The van der Waals surface area contributed by atoms with Crippen LogP contribution >= 0.6 is 11.3 Å². The Kier molecular flexibility index (Phi) is 3.24. The van der Waals surface area contributed by atoms with Gasteiger partial charge in [0.15, 0.2) is 0 Å². The molecule has 0 spiro atoms. The number of hydrogen-bond donors (Lipinski definition) is 1. The summed E-state index contributed by atoms with van der Waals surface area (Å²) in [6.07, 6.45) is 2.81. The van der Waals surface area contributed by atoms with Crippen molar-refractivity contribution < 1.29 is 18.3 Å². The topological polar surface area (TPSA) is 74.7 Å². The molecule has 0 aromatic carbocycles. The van der Waals surface area contributed by atoms with Crippen LogP contribution in [0.2, 0.25) is 0 Å². The van der Waals surface area contributed by atoms with Crippen LogP contribution < -0.4 is 0 Å². The normalized spacial score (nSPS) is 17.1. The summed E-state index contributed by atoms with van der Waals surface area (Å²) < 4.78 is 25.7. The van der Waals surface area contributed by atoms with E-state index in [2.05, 4.69) is 0 Å². The van der Waals surface area contributed by atoms with Crippen molar-refractivity contribution in [2.75, 3.05) is 7.05 Å². The zero-order valence-electron chi connectivity index (χ0n) is 9.29. The molecule has 0 aliphatic heterocycles. The third kappa shape index (κ3) is 2.22. The second kappa shape index (κ2) is 4.40. The van der Waals surface area contributed by atoms with Gasteiger partial charge in [0.1, 0.15) is 9.09 Å². The molecule has 1 aliphatic rings. The minimum Gasteiger partial charge on any atom is -0.477 e. The quantitative estimate of drug-likeness (QED) is 0.906. The smallest absolute Gasteiger partial charge is 0.345 e. The lowest BCUT2D eigenvalue weighted by Gasteiger charge is -2.33. The fraction of sp³-hybridized carbons (Fsp3) is 0.500. The summed E-state index contributed by atoms with van der Waals surface area (Å²) in [7, 11) is -1.97. The summed E-state index contributed by atoms with van der Waals surface area (Å²) in [5.74, 6) is -1.09. The van der Waals surface area contributed by atoms with Gasteiger partial charge in [-0.25, -0.2) is 13.2 Å². The van der Waals surface area contributed by atoms with E-state index in [4.69, 9.17) is 5.11 Å². The predicted octanol–water partition coefficient (Wildman–Crippen LogP) is 1.62. The Hall–Kier alpha value is -0.920. The molecule has 0 atom stereocenters. The van der Waals surface area contributed by atoms with Crippen LogP contribution in [0.4, 0.5) is 0 Å². The molecule has 0 amide bonds. The van der Waals surface area contributed by atoms with Gasteiger partial charge in [-0.05, 0) is 25.0 Å². The van der Waals surface area contributed by atoms with Gasteiger partial charge < -0.3 is 5.11 Å². The van der Waals surface area contributed by atoms with Gasteiger partial charge in [-0.1, -0.05) is 6.42 Å². The molecule has 1 heterocycles. The first kappa shape index (κ1) is 12.5. The molecule has 0 bridgehead atoms. The Bertz CT molecular complexity index is 530. The lowest BCUT2D eigenvalue weighted by Crippen LogP contribution is -2.40. The maximum absolute atomic E-state index is 12.1. The first-order valence-electron chi connectivity index (χ1n) is 5.24. The second-order valence-corrected chi connectivity index (χ2v) is 7.34. The van der Waals surface area contributed by atoms with Gasteiger partial charge >= 0.3 is 5.97 Å². The van der Waals surface area contributed by atoms with Gasteiger partial charge in [0.2, 0.25) is 0 Å². The average Bonchev–Trinajstić information content (AvgIpc) is 2.63. The molecule has 7 heteroatoms. The van der Waals surface area contributed by atoms with Gasteiger partial charge in [-0.2, -0.15) is 4.31 Å². The van der Waals surface area contributed by atoms with Crippen molar-refractivity contribution in [2.45, 2.75) is 29.5 Å². The number of thiophene rings is 1. The molecule has 0 saturated heterocycles. The molecule has 1 aromatic rings. The van der Waals surface area contributed by atoms with Crippen LogP contribution in [0.1, 0.15) is 28.9 Å². The average molecular weight is 275 g/mol. The Morgan fingerprint density at radius 3 is 2.53 bits per heavy atom. The summed E-state index contributed by atoms with van der Waals surface area (Å²) in [5, 5.41) is 8.77. The minimum absolute atomic E-state index is 0.0468. The van der Waals surface area contributed by atoms with Gasteiger partial charge in [-0.15, -0.1) is 11.3 Å². The number of nitrogens with zero attached hydrogens (tertiary/aromatic N) is 1. The van der Waals surface area contributed by atoms with Crippen molar-refractivity contribution in [1.29, 1.82) is 0 Å². The minimum atomic E-state index is -3.52. The summed E-state index contributed by atoms with van der Waals surface area (Å²) >= 11 is 0.799. The Labute approximate surface area is 104 Å². The van der Waals surface area contributed by atoms with Crippen molar-refractivity contribution in [3.05, 3.63) is 17.0 Å². The first-order valence-corrected chi connectivity index (χ1v) is 7.50. The highest BCUT2D eigenvalue weighted by Crippen LogP contribution is 2.31. The summed E-state index contributed by atoms with van der Waals surface area (Å²) in [6.45, 7) is 0. The molecule has 1 saturated carbocycles. The number of carbonyl (C=O) groups is 1. The van der Waals surface area contributed by atoms with Crippen molar-refractivity contribution in [1.82, 2.24) is 4.31 Å². The van der Waals surface area contributed by atoms with Crippen LogP contribution in [0.15, 0.2) is 16.3 Å². The highest BCUT2D eigenvalue weighted by Gasteiger charge is 2.32. The van der Waals surface area contributed by atoms with E-state index in [-0.39, 0.29) is 15.1 Å². The fourth-order valence-corrected chi connectivity index (χ4v) is 4.41. The highest BCUT2D eigenvalue weighted by atomic mass is 32.2. The number of hydrogen-bond acceptors (Lipinski definition) is 4. The lowest BCUT2D eigenvalue weighted by atomic mass is 9.94. The van der Waals surface area contributed by atoms with E-state index in [1.54, 1.807) is 7.05 Å². The van der Waals surface area contributed by atoms with E-state index in [0.717, 1.165) is 30.6 Å². The van der Waals surface area contributed by atoms with Gasteiger partial charge in [-0.3, -0.25) is 0 Å². The Morgan fingerprint density at radius 1 is 1.47 bits per heavy atom. The van der Waals surface area contributed by atoms with Crippen molar-refractivity contribution in [3.8, 4) is 0 Å². The third-order valence-corrected chi connectivity index (χ3v) is 6.47. The van der Waals surface area contributed by atoms with E-state index in [9.17, 15) is 13.2 Å². The molecule has 0 unspecified atom stereocenters. The molecular formula is C10H13NO4S2. The van der Waals surface area contributed by atoms with Crippen LogP contribution in [0, 0.1) is 0 Å². The van der Waals surface area contributed by atoms with Gasteiger partial charge in [0, 0.05) is 13.1 Å². The van der Waals surface area contributed by atoms with E-state index in [0.29, 0.717) is 0 Å². The number of carboxylic acid groups (broad SMARTS) is 1. The van der Waals surface area contributed by atoms with Gasteiger partial charge in [0.25, 0.3) is 10.0 Å². The maximum atomic E-state index is 12.1. The summed E-state index contributed by atoms with van der Waals surface area (Å²) in [4.78, 5) is 10.8. The third-order valence-electron chi connectivity index (χ3n) is 3.01. The van der Waals surface area contributed by atoms with E-state index in [1.807, 2.05) is 0 Å². The highest BCUT2D eigenvalue weighted by molar-refractivity contribution is 7.91.